The summed E-state index contributed by atoms with van der Waals surface area (Å²) in [4.78, 5) is 38.5. The number of hydrogen-bond acceptors (Lipinski definition) is 4. The van der Waals surface area contributed by atoms with Gasteiger partial charge in [0.25, 0.3) is 0 Å². The zero-order valence-corrected chi connectivity index (χ0v) is 18.3. The van der Waals surface area contributed by atoms with Crippen molar-refractivity contribution in [2.75, 3.05) is 13.2 Å². The standard InChI is InChI=1S/C25H28N2O5/c1-15(2)22(24(29)30)26-23(28)21-12-7-13-27(21)25(31)32-14-20-18-10-5-3-8-16(18)17-9-4-6-11-19(17)20/h3-6,8-11,15,20-22H,7,12-14H2,1-2H3,(H,26,28)(H,29,30). The van der Waals surface area contributed by atoms with Crippen LogP contribution >= 0.6 is 0 Å². The molecule has 7 heteroatoms. The van der Waals surface area contributed by atoms with Crippen molar-refractivity contribution < 1.29 is 24.2 Å². The van der Waals surface area contributed by atoms with Gasteiger partial charge in [0.05, 0.1) is 0 Å². The number of nitrogens with one attached hydrogen (secondary N) is 1. The smallest absolute Gasteiger partial charge is 0.410 e. The molecule has 2 aliphatic rings. The number of amides is 2. The molecule has 1 heterocycles. The molecule has 0 bridgehead atoms. The highest BCUT2D eigenvalue weighted by molar-refractivity contribution is 5.89. The lowest BCUT2D eigenvalue weighted by Crippen LogP contribution is -2.52. The van der Waals surface area contributed by atoms with Crippen molar-refractivity contribution in [3.8, 4) is 11.1 Å². The highest BCUT2D eigenvalue weighted by Gasteiger charge is 2.38. The third-order valence-electron chi connectivity index (χ3n) is 6.36. The Bertz CT molecular complexity index is 989. The largest absolute Gasteiger partial charge is 0.480 e. The second-order valence-corrected chi connectivity index (χ2v) is 8.72. The van der Waals surface area contributed by atoms with Crippen molar-refractivity contribution in [2.45, 2.75) is 44.7 Å². The van der Waals surface area contributed by atoms with E-state index in [0.29, 0.717) is 19.4 Å². The number of aliphatic carboxylic acids is 1. The fourth-order valence-corrected chi connectivity index (χ4v) is 4.70. The van der Waals surface area contributed by atoms with Gasteiger partial charge in [-0.3, -0.25) is 9.69 Å². The van der Waals surface area contributed by atoms with Gasteiger partial charge in [0, 0.05) is 12.5 Å². The molecule has 168 valence electrons. The van der Waals surface area contributed by atoms with Crippen LogP contribution in [0.5, 0.6) is 0 Å². The van der Waals surface area contributed by atoms with E-state index >= 15 is 0 Å². The Labute approximate surface area is 187 Å². The van der Waals surface area contributed by atoms with Gasteiger partial charge >= 0.3 is 12.1 Å². The molecule has 2 aromatic carbocycles. The third-order valence-corrected chi connectivity index (χ3v) is 6.36. The van der Waals surface area contributed by atoms with Crippen molar-refractivity contribution in [3.63, 3.8) is 0 Å². The van der Waals surface area contributed by atoms with Gasteiger partial charge in [-0.2, -0.15) is 0 Å². The summed E-state index contributed by atoms with van der Waals surface area (Å²) < 4.78 is 5.69. The number of likely N-dealkylation sites (tertiary alicyclic amines) is 1. The number of rotatable bonds is 6. The van der Waals surface area contributed by atoms with E-state index < -0.39 is 30.1 Å². The van der Waals surface area contributed by atoms with Crippen molar-refractivity contribution in [1.82, 2.24) is 10.2 Å². The number of benzene rings is 2. The zero-order chi connectivity index (χ0) is 22.8. The molecule has 0 radical (unpaired) electrons. The Morgan fingerprint density at radius 1 is 1.06 bits per heavy atom. The molecule has 2 aromatic rings. The molecule has 1 aliphatic carbocycles. The molecule has 2 atom stereocenters. The third kappa shape index (κ3) is 4.07. The van der Waals surface area contributed by atoms with E-state index in [2.05, 4.69) is 29.6 Å². The number of carbonyl (C=O) groups excluding carboxylic acids is 2. The molecule has 2 N–H and O–H groups in total. The lowest BCUT2D eigenvalue weighted by atomic mass is 9.98. The normalized spacial score (nSPS) is 18.2. The molecule has 32 heavy (non-hydrogen) atoms. The summed E-state index contributed by atoms with van der Waals surface area (Å²) in [6, 6.07) is 14.5. The van der Waals surface area contributed by atoms with Crippen LogP contribution in [-0.2, 0) is 14.3 Å². The molecule has 1 saturated heterocycles. The summed E-state index contributed by atoms with van der Waals surface area (Å²) in [5, 5.41) is 11.9. The Kier molecular flexibility index (Phi) is 6.17. The van der Waals surface area contributed by atoms with Gasteiger partial charge in [-0.25, -0.2) is 9.59 Å². The SMILES string of the molecule is CC(C)C(NC(=O)C1CCCN1C(=O)OCC1c2ccccc2-c2ccccc21)C(=O)O. The predicted molar refractivity (Wildman–Crippen MR) is 119 cm³/mol. The molecule has 1 fully saturated rings. The first-order valence-corrected chi connectivity index (χ1v) is 11.0. The quantitative estimate of drug-likeness (QED) is 0.721. The van der Waals surface area contributed by atoms with Crippen LogP contribution in [0.3, 0.4) is 0 Å². The van der Waals surface area contributed by atoms with Gasteiger partial charge in [-0.15, -0.1) is 0 Å². The second-order valence-electron chi connectivity index (χ2n) is 8.72. The summed E-state index contributed by atoms with van der Waals surface area (Å²) in [7, 11) is 0. The Balaban J connectivity index is 1.44. The molecule has 0 aromatic heterocycles. The maximum Gasteiger partial charge on any atom is 0.410 e. The summed E-state index contributed by atoms with van der Waals surface area (Å²) in [6.07, 6.45) is 0.614. The topological polar surface area (TPSA) is 95.9 Å². The summed E-state index contributed by atoms with van der Waals surface area (Å²) in [6.45, 7) is 4.06. The predicted octanol–water partition coefficient (Wildman–Crippen LogP) is 3.63. The fourth-order valence-electron chi connectivity index (χ4n) is 4.70. The molecular formula is C25H28N2O5. The van der Waals surface area contributed by atoms with Crippen LogP contribution in [0.15, 0.2) is 48.5 Å². The zero-order valence-electron chi connectivity index (χ0n) is 18.3. The highest BCUT2D eigenvalue weighted by atomic mass is 16.6. The van der Waals surface area contributed by atoms with Crippen molar-refractivity contribution in [3.05, 3.63) is 59.7 Å². The van der Waals surface area contributed by atoms with E-state index in [1.54, 1.807) is 13.8 Å². The number of carboxylic acids is 1. The minimum atomic E-state index is -1.08. The molecule has 7 nitrogen and oxygen atoms in total. The van der Waals surface area contributed by atoms with E-state index in [4.69, 9.17) is 4.74 Å². The number of carboxylic acid groups (broad SMARTS) is 1. The lowest BCUT2D eigenvalue weighted by Gasteiger charge is -2.26. The van der Waals surface area contributed by atoms with E-state index in [1.807, 2.05) is 24.3 Å². The average Bonchev–Trinajstić information content (AvgIpc) is 3.39. The average molecular weight is 437 g/mol. The van der Waals surface area contributed by atoms with Gasteiger partial charge in [-0.1, -0.05) is 62.4 Å². The van der Waals surface area contributed by atoms with Crippen LogP contribution in [0.4, 0.5) is 4.79 Å². The fraction of sp³-hybridized carbons (Fsp3) is 0.400. The molecule has 4 rings (SSSR count). The van der Waals surface area contributed by atoms with E-state index in [9.17, 15) is 19.5 Å². The van der Waals surface area contributed by atoms with Crippen LogP contribution in [0.1, 0.15) is 43.7 Å². The first-order valence-electron chi connectivity index (χ1n) is 11.0. The monoisotopic (exact) mass is 436 g/mol. The molecule has 0 saturated carbocycles. The number of hydrogen-bond donors (Lipinski definition) is 2. The van der Waals surface area contributed by atoms with Crippen molar-refractivity contribution >= 4 is 18.0 Å². The van der Waals surface area contributed by atoms with Crippen molar-refractivity contribution in [2.24, 2.45) is 5.92 Å². The molecular weight excluding hydrogens is 408 g/mol. The van der Waals surface area contributed by atoms with Crippen LogP contribution in [0.25, 0.3) is 11.1 Å². The Morgan fingerprint density at radius 2 is 1.66 bits per heavy atom. The van der Waals surface area contributed by atoms with Gasteiger partial charge in [-0.05, 0) is 41.0 Å². The number of fused-ring (bicyclic) bond motifs is 3. The lowest BCUT2D eigenvalue weighted by molar-refractivity contribution is -0.143. The minimum Gasteiger partial charge on any atom is -0.480 e. The molecule has 0 spiro atoms. The molecule has 2 amide bonds. The van der Waals surface area contributed by atoms with Crippen molar-refractivity contribution in [1.29, 1.82) is 0 Å². The number of carbonyl (C=O) groups is 3. The maximum atomic E-state index is 12.9. The summed E-state index contributed by atoms with van der Waals surface area (Å²) in [5.74, 6) is -1.85. The van der Waals surface area contributed by atoms with Crippen LogP contribution < -0.4 is 5.32 Å². The van der Waals surface area contributed by atoms with E-state index in [-0.39, 0.29) is 18.4 Å². The van der Waals surface area contributed by atoms with Gasteiger partial charge < -0.3 is 15.2 Å². The molecule has 1 aliphatic heterocycles. The first kappa shape index (κ1) is 21.9. The first-order chi connectivity index (χ1) is 15.4. The highest BCUT2D eigenvalue weighted by Crippen LogP contribution is 2.44. The second kappa shape index (κ2) is 9.02. The number of nitrogens with zero attached hydrogens (tertiary/aromatic N) is 1. The maximum absolute atomic E-state index is 12.9. The molecule has 2 unspecified atom stereocenters. The van der Waals surface area contributed by atoms with E-state index in [0.717, 1.165) is 22.3 Å². The Morgan fingerprint density at radius 3 is 2.22 bits per heavy atom. The summed E-state index contributed by atoms with van der Waals surface area (Å²) in [5.41, 5.74) is 4.55. The Hall–Kier alpha value is -3.35. The van der Waals surface area contributed by atoms with Gasteiger partial charge in [0.15, 0.2) is 0 Å². The minimum absolute atomic E-state index is 0.0569. The van der Waals surface area contributed by atoms with Crippen LogP contribution in [0.2, 0.25) is 0 Å². The van der Waals surface area contributed by atoms with Crippen LogP contribution in [0, 0.1) is 5.92 Å². The van der Waals surface area contributed by atoms with E-state index in [1.165, 1.54) is 4.90 Å². The van der Waals surface area contributed by atoms with Gasteiger partial charge in [0.1, 0.15) is 18.7 Å². The van der Waals surface area contributed by atoms with Crippen LogP contribution in [-0.4, -0.2) is 53.2 Å². The summed E-state index contributed by atoms with van der Waals surface area (Å²) >= 11 is 0. The van der Waals surface area contributed by atoms with Gasteiger partial charge in [0.2, 0.25) is 5.91 Å². The number of ether oxygens (including phenoxy) is 1.